The van der Waals surface area contributed by atoms with Crippen molar-refractivity contribution in [3.63, 3.8) is 0 Å². The van der Waals surface area contributed by atoms with Crippen LogP contribution in [0.15, 0.2) is 64.9 Å². The highest BCUT2D eigenvalue weighted by Crippen LogP contribution is 2.31. The topological polar surface area (TPSA) is 85.8 Å². The number of benzene rings is 1. The molecule has 0 radical (unpaired) electrons. The van der Waals surface area contributed by atoms with Gasteiger partial charge in [0, 0.05) is 51.4 Å². The van der Waals surface area contributed by atoms with Crippen LogP contribution in [-0.4, -0.2) is 73.8 Å². The summed E-state index contributed by atoms with van der Waals surface area (Å²) >= 11 is 6.97. The first kappa shape index (κ1) is 29.7. The molecule has 0 aliphatic carbocycles. The Bertz CT molecular complexity index is 1510. The molecule has 1 saturated heterocycles. The van der Waals surface area contributed by atoms with E-state index >= 15 is 0 Å². The first-order valence-electron chi connectivity index (χ1n) is 13.9. The van der Waals surface area contributed by atoms with Crippen molar-refractivity contribution in [3.8, 4) is 11.3 Å². The second-order valence-electron chi connectivity index (χ2n) is 11.0. The van der Waals surface area contributed by atoms with E-state index in [0.717, 1.165) is 66.7 Å². The van der Waals surface area contributed by atoms with E-state index in [1.54, 1.807) is 18.2 Å². The van der Waals surface area contributed by atoms with Gasteiger partial charge in [-0.3, -0.25) is 9.69 Å². The van der Waals surface area contributed by atoms with Gasteiger partial charge in [0.15, 0.2) is 0 Å². The van der Waals surface area contributed by atoms with Gasteiger partial charge in [0.25, 0.3) is 10.0 Å². The lowest BCUT2D eigenvalue weighted by molar-refractivity contribution is -0.123. The third-order valence-corrected chi connectivity index (χ3v) is 10.8. The molecular weight excluding hydrogens is 578 g/mol. The number of hydrogen-bond donors (Lipinski definition) is 1. The van der Waals surface area contributed by atoms with Crippen molar-refractivity contribution in [2.45, 2.75) is 37.6 Å². The number of hydrogen-bond acceptors (Lipinski definition) is 7. The number of anilines is 1. The maximum Gasteiger partial charge on any atom is 0.253 e. The summed E-state index contributed by atoms with van der Waals surface area (Å²) in [5, 5.41) is 2.97. The summed E-state index contributed by atoms with van der Waals surface area (Å²) in [5.41, 5.74) is 3.93. The molecule has 1 aromatic carbocycles. The van der Waals surface area contributed by atoms with E-state index < -0.39 is 16.1 Å². The van der Waals surface area contributed by atoms with E-state index in [1.807, 2.05) is 12.1 Å². The van der Waals surface area contributed by atoms with E-state index in [9.17, 15) is 13.2 Å². The first-order valence-corrected chi connectivity index (χ1v) is 16.5. The fourth-order valence-corrected chi connectivity index (χ4v) is 8.31. The molecular formula is C30H36ClN5O3S2. The predicted molar refractivity (Wildman–Crippen MR) is 166 cm³/mol. The van der Waals surface area contributed by atoms with Gasteiger partial charge in [-0.25, -0.2) is 13.4 Å². The van der Waals surface area contributed by atoms with E-state index in [2.05, 4.69) is 60.2 Å². The molecule has 8 nitrogen and oxygen atoms in total. The van der Waals surface area contributed by atoms with Crippen LogP contribution in [0, 0.1) is 12.8 Å². The van der Waals surface area contributed by atoms with Crippen molar-refractivity contribution in [3.05, 3.63) is 76.1 Å². The fraction of sp³-hybridized carbons (Fsp3) is 0.400. The maximum absolute atomic E-state index is 13.3. The molecule has 1 amide bonds. The van der Waals surface area contributed by atoms with Gasteiger partial charge in [-0.1, -0.05) is 67.4 Å². The van der Waals surface area contributed by atoms with Crippen LogP contribution in [-0.2, 0) is 21.4 Å². The Balaban J connectivity index is 1.34. The Labute approximate surface area is 251 Å². The monoisotopic (exact) mass is 613 g/mol. The number of carbonyl (C=O) groups excluding carboxylic acids is 1. The Morgan fingerprint density at radius 1 is 1.10 bits per heavy atom. The average molecular weight is 614 g/mol. The Morgan fingerprint density at radius 2 is 1.83 bits per heavy atom. The van der Waals surface area contributed by atoms with Gasteiger partial charge in [0.05, 0.1) is 10.0 Å². The zero-order valence-electron chi connectivity index (χ0n) is 23.6. The molecule has 3 aromatic rings. The summed E-state index contributed by atoms with van der Waals surface area (Å²) in [6.45, 7) is 11.7. The number of sulfonamides is 1. The van der Waals surface area contributed by atoms with Gasteiger partial charge < -0.3 is 10.2 Å². The van der Waals surface area contributed by atoms with E-state index in [0.29, 0.717) is 10.3 Å². The lowest BCUT2D eigenvalue weighted by Gasteiger charge is -2.36. The number of amides is 1. The molecule has 4 heterocycles. The lowest BCUT2D eigenvalue weighted by atomic mass is 10.1. The van der Waals surface area contributed by atoms with E-state index in [1.165, 1.54) is 15.9 Å². The molecule has 2 aliphatic heterocycles. The summed E-state index contributed by atoms with van der Waals surface area (Å²) in [6.07, 6.45) is 3.34. The highest BCUT2D eigenvalue weighted by molar-refractivity contribution is 7.91. The van der Waals surface area contributed by atoms with E-state index in [4.69, 9.17) is 16.6 Å². The van der Waals surface area contributed by atoms with Crippen molar-refractivity contribution in [2.75, 3.05) is 44.2 Å². The SMILES string of the molecule is Cc1ccc(-c2cc(CNC(=O)[C@@H]3C=CCN3S(=O)(=O)c3ccc(Cl)s3)cc(N3CCN(CC(C)C)CC3)n2)cc1. The number of pyridine rings is 1. The minimum absolute atomic E-state index is 0.124. The number of nitrogens with zero attached hydrogens (tertiary/aromatic N) is 4. The minimum atomic E-state index is -3.85. The fourth-order valence-electron chi connectivity index (χ4n) is 5.20. The van der Waals surface area contributed by atoms with Gasteiger partial charge >= 0.3 is 0 Å². The normalized spacial score (nSPS) is 18.4. The molecule has 1 fully saturated rings. The van der Waals surface area contributed by atoms with Crippen LogP contribution >= 0.6 is 22.9 Å². The standard InChI is InChI=1S/C30H36ClN5O3S2/c1-21(2)20-34-13-15-35(16-14-34)28-18-23(17-25(33-28)24-8-6-22(3)7-9-24)19-32-30(37)26-5-4-12-36(26)41(38,39)29-11-10-27(31)40-29/h4-11,17-18,21,26H,12-16,19-20H2,1-3H3,(H,32,37)/t26-/m0/s1. The van der Waals surface area contributed by atoms with Crippen molar-refractivity contribution in [1.82, 2.24) is 19.5 Å². The van der Waals surface area contributed by atoms with Crippen LogP contribution in [0.5, 0.6) is 0 Å². The molecule has 41 heavy (non-hydrogen) atoms. The molecule has 11 heteroatoms. The van der Waals surface area contributed by atoms with Crippen LogP contribution in [0.2, 0.25) is 4.34 Å². The summed E-state index contributed by atoms with van der Waals surface area (Å²) in [5.74, 6) is 1.14. The molecule has 218 valence electrons. The molecule has 1 atom stereocenters. The molecule has 0 saturated carbocycles. The number of aromatic nitrogens is 1. The first-order chi connectivity index (χ1) is 19.6. The molecule has 0 spiro atoms. The van der Waals surface area contributed by atoms with Crippen molar-refractivity contribution in [2.24, 2.45) is 5.92 Å². The van der Waals surface area contributed by atoms with Crippen LogP contribution in [0.4, 0.5) is 5.82 Å². The molecule has 5 rings (SSSR count). The van der Waals surface area contributed by atoms with Crippen LogP contribution in [0.25, 0.3) is 11.3 Å². The number of rotatable bonds is 9. The van der Waals surface area contributed by atoms with E-state index in [-0.39, 0.29) is 23.2 Å². The average Bonchev–Trinajstić information content (AvgIpc) is 3.63. The largest absolute Gasteiger partial charge is 0.354 e. The molecule has 2 aromatic heterocycles. The second kappa shape index (κ2) is 12.6. The van der Waals surface area contributed by atoms with Crippen LogP contribution in [0.3, 0.4) is 0 Å². The summed E-state index contributed by atoms with van der Waals surface area (Å²) in [7, 11) is -3.85. The third-order valence-electron chi connectivity index (χ3n) is 7.30. The number of carbonyl (C=O) groups is 1. The van der Waals surface area contributed by atoms with Gasteiger partial charge in [-0.15, -0.1) is 11.3 Å². The van der Waals surface area contributed by atoms with Gasteiger partial charge in [-0.2, -0.15) is 4.31 Å². The second-order valence-corrected chi connectivity index (χ2v) is 14.8. The summed E-state index contributed by atoms with van der Waals surface area (Å²) in [4.78, 5) is 23.1. The molecule has 0 unspecified atom stereocenters. The number of nitrogens with one attached hydrogen (secondary N) is 1. The van der Waals surface area contributed by atoms with Gasteiger partial charge in [0.2, 0.25) is 5.91 Å². The summed E-state index contributed by atoms with van der Waals surface area (Å²) in [6, 6.07) is 14.4. The highest BCUT2D eigenvalue weighted by Gasteiger charge is 2.37. The predicted octanol–water partition coefficient (Wildman–Crippen LogP) is 4.80. The summed E-state index contributed by atoms with van der Waals surface area (Å²) < 4.78 is 28.1. The maximum atomic E-state index is 13.3. The third kappa shape index (κ3) is 7.01. The highest BCUT2D eigenvalue weighted by atomic mass is 35.5. The van der Waals surface area contributed by atoms with Crippen LogP contribution < -0.4 is 10.2 Å². The molecule has 2 aliphatic rings. The van der Waals surface area contributed by atoms with Crippen LogP contribution in [0.1, 0.15) is 25.0 Å². The zero-order valence-corrected chi connectivity index (χ0v) is 26.0. The van der Waals surface area contributed by atoms with Gasteiger partial charge in [0.1, 0.15) is 16.1 Å². The quantitative estimate of drug-likeness (QED) is 0.349. The molecule has 1 N–H and O–H groups in total. The Hall–Kier alpha value is -2.76. The van der Waals surface area contributed by atoms with Crippen molar-refractivity contribution >= 4 is 44.7 Å². The lowest BCUT2D eigenvalue weighted by Crippen LogP contribution is -2.47. The van der Waals surface area contributed by atoms with Gasteiger partial charge in [-0.05, 0) is 42.7 Å². The Morgan fingerprint density at radius 3 is 2.49 bits per heavy atom. The smallest absolute Gasteiger partial charge is 0.253 e. The number of thiophene rings is 1. The Kier molecular flexibility index (Phi) is 9.15. The number of aryl methyl sites for hydroxylation is 1. The molecule has 0 bridgehead atoms. The zero-order chi connectivity index (χ0) is 29.1. The van der Waals surface area contributed by atoms with Crippen molar-refractivity contribution < 1.29 is 13.2 Å². The van der Waals surface area contributed by atoms with Crippen molar-refractivity contribution in [1.29, 1.82) is 0 Å². The number of halogens is 1. The number of piperazine rings is 1. The minimum Gasteiger partial charge on any atom is -0.354 e.